The number of aromatic nitrogens is 1. The zero-order chi connectivity index (χ0) is 9.42. The SMILES string of the molecule is Cc1cc(Br)c2ncc(N)cc2c1.Cl.Cl. The van der Waals surface area contributed by atoms with Gasteiger partial charge in [0.1, 0.15) is 0 Å². The van der Waals surface area contributed by atoms with E-state index in [0.29, 0.717) is 5.69 Å². The molecular formula is C10H11BrCl2N2. The van der Waals surface area contributed by atoms with Gasteiger partial charge in [-0.2, -0.15) is 0 Å². The summed E-state index contributed by atoms with van der Waals surface area (Å²) >= 11 is 3.47. The normalized spacial score (nSPS) is 9.20. The third-order valence-electron chi connectivity index (χ3n) is 1.90. The van der Waals surface area contributed by atoms with E-state index in [1.165, 1.54) is 5.56 Å². The summed E-state index contributed by atoms with van der Waals surface area (Å²) in [6.45, 7) is 2.05. The Kier molecular flexibility index (Phi) is 5.35. The van der Waals surface area contributed by atoms with Gasteiger partial charge in [-0.25, -0.2) is 0 Å². The first-order chi connectivity index (χ1) is 6.16. The van der Waals surface area contributed by atoms with Crippen molar-refractivity contribution in [2.45, 2.75) is 6.92 Å². The van der Waals surface area contributed by atoms with Gasteiger partial charge in [-0.3, -0.25) is 4.98 Å². The number of fused-ring (bicyclic) bond motifs is 1. The zero-order valence-electron chi connectivity index (χ0n) is 8.03. The Morgan fingerprint density at radius 1 is 1.20 bits per heavy atom. The van der Waals surface area contributed by atoms with E-state index < -0.39 is 0 Å². The maximum absolute atomic E-state index is 5.65. The van der Waals surface area contributed by atoms with Crippen LogP contribution in [0.3, 0.4) is 0 Å². The van der Waals surface area contributed by atoms with E-state index in [2.05, 4.69) is 27.0 Å². The molecule has 0 amide bonds. The number of benzene rings is 1. The maximum Gasteiger partial charge on any atom is 0.0845 e. The minimum Gasteiger partial charge on any atom is -0.397 e. The number of nitrogens with zero attached hydrogens (tertiary/aromatic N) is 1. The van der Waals surface area contributed by atoms with E-state index in [9.17, 15) is 0 Å². The topological polar surface area (TPSA) is 38.9 Å². The van der Waals surface area contributed by atoms with Gasteiger partial charge in [-0.15, -0.1) is 24.8 Å². The number of rotatable bonds is 0. The van der Waals surface area contributed by atoms with Crippen LogP contribution in [-0.4, -0.2) is 4.98 Å². The van der Waals surface area contributed by atoms with E-state index in [1.54, 1.807) is 6.20 Å². The summed E-state index contributed by atoms with van der Waals surface area (Å²) in [5.41, 5.74) is 8.50. The van der Waals surface area contributed by atoms with Crippen LogP contribution >= 0.6 is 40.7 Å². The van der Waals surface area contributed by atoms with Gasteiger partial charge in [0, 0.05) is 9.86 Å². The molecule has 0 saturated carbocycles. The molecule has 0 radical (unpaired) electrons. The van der Waals surface area contributed by atoms with Crippen molar-refractivity contribution in [3.63, 3.8) is 0 Å². The average molecular weight is 310 g/mol. The van der Waals surface area contributed by atoms with Crippen molar-refractivity contribution in [2.75, 3.05) is 5.73 Å². The van der Waals surface area contributed by atoms with Gasteiger partial charge in [0.2, 0.25) is 0 Å². The lowest BCUT2D eigenvalue weighted by Crippen LogP contribution is -1.88. The molecule has 0 aliphatic heterocycles. The van der Waals surface area contributed by atoms with Crippen LogP contribution in [0.15, 0.2) is 28.9 Å². The standard InChI is InChI=1S/C10H9BrN2.2ClH/c1-6-2-7-4-8(12)5-13-10(7)9(11)3-6;;/h2-5H,12H2,1H3;2*1H. The molecule has 1 aromatic carbocycles. The first-order valence-electron chi connectivity index (χ1n) is 3.98. The highest BCUT2D eigenvalue weighted by Gasteiger charge is 2.01. The Labute approximate surface area is 109 Å². The van der Waals surface area contributed by atoms with Crippen molar-refractivity contribution < 1.29 is 0 Å². The van der Waals surface area contributed by atoms with E-state index in [0.717, 1.165) is 15.4 Å². The van der Waals surface area contributed by atoms with Gasteiger partial charge in [0.05, 0.1) is 17.4 Å². The molecule has 0 spiro atoms. The molecule has 0 aliphatic rings. The number of hydrogen-bond donors (Lipinski definition) is 1. The monoisotopic (exact) mass is 308 g/mol. The third-order valence-corrected chi connectivity index (χ3v) is 2.51. The van der Waals surface area contributed by atoms with Crippen molar-refractivity contribution in [1.29, 1.82) is 0 Å². The highest BCUT2D eigenvalue weighted by molar-refractivity contribution is 9.10. The fraction of sp³-hybridized carbons (Fsp3) is 0.100. The molecule has 1 aromatic heterocycles. The fourth-order valence-corrected chi connectivity index (χ4v) is 2.06. The minimum atomic E-state index is 0. The molecule has 0 saturated heterocycles. The molecule has 2 aromatic rings. The predicted octanol–water partition coefficient (Wildman–Crippen LogP) is 3.73. The maximum atomic E-state index is 5.65. The Hall–Kier alpha value is -0.510. The third kappa shape index (κ3) is 2.97. The predicted molar refractivity (Wildman–Crippen MR) is 73.1 cm³/mol. The van der Waals surface area contributed by atoms with Crippen LogP contribution in [0.25, 0.3) is 10.9 Å². The van der Waals surface area contributed by atoms with Crippen molar-refractivity contribution in [1.82, 2.24) is 4.98 Å². The summed E-state index contributed by atoms with van der Waals surface area (Å²) in [5.74, 6) is 0. The second kappa shape index (κ2) is 5.54. The van der Waals surface area contributed by atoms with Crippen LogP contribution in [0.4, 0.5) is 5.69 Å². The second-order valence-electron chi connectivity index (χ2n) is 3.09. The second-order valence-corrected chi connectivity index (χ2v) is 3.94. The van der Waals surface area contributed by atoms with Crippen LogP contribution in [0.2, 0.25) is 0 Å². The summed E-state index contributed by atoms with van der Waals surface area (Å²) in [4.78, 5) is 4.25. The summed E-state index contributed by atoms with van der Waals surface area (Å²) in [5, 5.41) is 1.08. The molecule has 5 heteroatoms. The van der Waals surface area contributed by atoms with Crippen LogP contribution in [0.1, 0.15) is 5.56 Å². The molecule has 1 heterocycles. The number of nitrogens with two attached hydrogens (primary N) is 1. The van der Waals surface area contributed by atoms with Crippen molar-refractivity contribution in [3.05, 3.63) is 34.4 Å². The molecule has 0 atom stereocenters. The zero-order valence-corrected chi connectivity index (χ0v) is 11.2. The number of halogens is 3. The van der Waals surface area contributed by atoms with Gasteiger partial charge in [-0.1, -0.05) is 0 Å². The Morgan fingerprint density at radius 2 is 1.87 bits per heavy atom. The molecule has 15 heavy (non-hydrogen) atoms. The smallest absolute Gasteiger partial charge is 0.0845 e. The highest BCUT2D eigenvalue weighted by Crippen LogP contribution is 2.24. The Morgan fingerprint density at radius 3 is 2.53 bits per heavy atom. The summed E-state index contributed by atoms with van der Waals surface area (Å²) in [7, 11) is 0. The van der Waals surface area contributed by atoms with Gasteiger partial charge < -0.3 is 5.73 Å². The largest absolute Gasteiger partial charge is 0.397 e. The lowest BCUT2D eigenvalue weighted by atomic mass is 10.1. The number of anilines is 1. The molecule has 82 valence electrons. The highest BCUT2D eigenvalue weighted by atomic mass is 79.9. The van der Waals surface area contributed by atoms with Crippen molar-refractivity contribution >= 4 is 57.3 Å². The van der Waals surface area contributed by atoms with Crippen LogP contribution < -0.4 is 5.73 Å². The van der Waals surface area contributed by atoms with Gasteiger partial charge in [-0.05, 0) is 46.6 Å². The average Bonchev–Trinajstić information content (AvgIpc) is 2.02. The molecule has 0 bridgehead atoms. The van der Waals surface area contributed by atoms with Crippen molar-refractivity contribution in [2.24, 2.45) is 0 Å². The van der Waals surface area contributed by atoms with E-state index in [4.69, 9.17) is 5.73 Å². The lowest BCUT2D eigenvalue weighted by molar-refractivity contribution is 1.38. The molecule has 2 N–H and O–H groups in total. The first-order valence-corrected chi connectivity index (χ1v) is 4.77. The van der Waals surface area contributed by atoms with E-state index >= 15 is 0 Å². The minimum absolute atomic E-state index is 0. The van der Waals surface area contributed by atoms with Crippen LogP contribution in [0.5, 0.6) is 0 Å². The molecular weight excluding hydrogens is 299 g/mol. The molecule has 0 fully saturated rings. The van der Waals surface area contributed by atoms with Gasteiger partial charge in [0.25, 0.3) is 0 Å². The van der Waals surface area contributed by atoms with Gasteiger partial charge in [0.15, 0.2) is 0 Å². The molecule has 0 unspecified atom stereocenters. The fourth-order valence-electron chi connectivity index (χ4n) is 1.36. The Balaban J connectivity index is 0.000000980. The first kappa shape index (κ1) is 14.5. The lowest BCUT2D eigenvalue weighted by Gasteiger charge is -2.02. The van der Waals surface area contributed by atoms with E-state index in [-0.39, 0.29) is 24.8 Å². The number of aryl methyl sites for hydroxylation is 1. The quantitative estimate of drug-likeness (QED) is 0.805. The van der Waals surface area contributed by atoms with Gasteiger partial charge >= 0.3 is 0 Å². The number of pyridine rings is 1. The number of nitrogen functional groups attached to an aromatic ring is 1. The van der Waals surface area contributed by atoms with Crippen molar-refractivity contribution in [3.8, 4) is 0 Å². The summed E-state index contributed by atoms with van der Waals surface area (Å²) in [6.07, 6.45) is 1.67. The van der Waals surface area contributed by atoms with Crippen LogP contribution in [0, 0.1) is 6.92 Å². The number of hydrogen-bond acceptors (Lipinski definition) is 2. The molecule has 0 aliphatic carbocycles. The summed E-state index contributed by atoms with van der Waals surface area (Å²) < 4.78 is 1.02. The van der Waals surface area contributed by atoms with Crippen LogP contribution in [-0.2, 0) is 0 Å². The Bertz CT molecular complexity index is 469. The molecule has 2 rings (SSSR count). The summed E-state index contributed by atoms with van der Waals surface area (Å²) in [6, 6.07) is 6.05. The molecule has 2 nitrogen and oxygen atoms in total. The van der Waals surface area contributed by atoms with E-state index in [1.807, 2.05) is 19.1 Å².